The number of nitrogens with zero attached hydrogens (tertiary/aromatic N) is 6. The molecule has 10 nitrogen and oxygen atoms in total. The number of nitrogens with one attached hydrogen (secondary N) is 2. The van der Waals surface area contributed by atoms with Crippen LogP contribution in [0.4, 0.5) is 28.7 Å². The number of anilines is 5. The summed E-state index contributed by atoms with van der Waals surface area (Å²) in [5, 5.41) is 11.8. The number of aryl methyl sites for hydroxylation is 2. The number of fused-ring (bicyclic) bond motifs is 4. The van der Waals surface area contributed by atoms with Crippen molar-refractivity contribution in [3.63, 3.8) is 0 Å². The molecule has 0 unspecified atom stereocenters. The van der Waals surface area contributed by atoms with Crippen molar-refractivity contribution in [1.82, 2.24) is 24.3 Å². The van der Waals surface area contributed by atoms with Gasteiger partial charge < -0.3 is 20.3 Å². The molecule has 0 spiro atoms. The quantitative estimate of drug-likeness (QED) is 0.449. The Morgan fingerprint density at radius 2 is 2.03 bits per heavy atom. The van der Waals surface area contributed by atoms with Gasteiger partial charge in [-0.1, -0.05) is 12.1 Å². The van der Waals surface area contributed by atoms with Crippen LogP contribution in [0.15, 0.2) is 47.7 Å². The van der Waals surface area contributed by atoms with Gasteiger partial charge in [-0.25, -0.2) is 4.98 Å². The van der Waals surface area contributed by atoms with Crippen LogP contribution in [0.2, 0.25) is 0 Å². The number of benzene rings is 1. The van der Waals surface area contributed by atoms with Crippen molar-refractivity contribution in [3.05, 3.63) is 58.8 Å². The second-order valence-electron chi connectivity index (χ2n) is 8.59. The molecule has 0 atom stereocenters. The second-order valence-corrected chi connectivity index (χ2v) is 8.59. The Kier molecular flexibility index (Phi) is 5.14. The summed E-state index contributed by atoms with van der Waals surface area (Å²) in [7, 11) is 0. The van der Waals surface area contributed by atoms with Gasteiger partial charge >= 0.3 is 0 Å². The zero-order valence-electron chi connectivity index (χ0n) is 19.0. The van der Waals surface area contributed by atoms with Crippen LogP contribution in [-0.4, -0.2) is 50.6 Å². The minimum absolute atomic E-state index is 0.0635. The first-order valence-electron chi connectivity index (χ1n) is 11.6. The van der Waals surface area contributed by atoms with Crippen LogP contribution < -0.4 is 21.1 Å². The Morgan fingerprint density at radius 3 is 2.97 bits per heavy atom. The van der Waals surface area contributed by atoms with E-state index in [4.69, 9.17) is 9.72 Å². The van der Waals surface area contributed by atoms with E-state index in [0.29, 0.717) is 56.6 Å². The maximum atomic E-state index is 13.8. The minimum Gasteiger partial charge on any atom is -0.381 e. The standard InChI is InChI=1S/C24H26N8O2/c1-16-4-2-5-19-21(16)25-6-8-31(19)20-12-17-13-26-24-28-18-14-27-30(15-18)9-11-34-10-3-7-32(23(20)33)22(17)29-24/h2,4-5,12-15,25H,3,6-11H2,1H3,(H,26,28,29). The molecule has 2 aliphatic heterocycles. The average molecular weight is 459 g/mol. The zero-order chi connectivity index (χ0) is 23.1. The van der Waals surface area contributed by atoms with Crippen LogP contribution in [-0.2, 0) is 17.8 Å². The first-order chi connectivity index (χ1) is 16.7. The third-order valence-electron chi connectivity index (χ3n) is 6.30. The SMILES string of the molecule is Cc1cccc2c1NCCN2c1cc2cnc3nc2n(c1=O)CCCOCCn1cc(cn1)N3. The first kappa shape index (κ1) is 20.7. The molecule has 4 bridgehead atoms. The van der Waals surface area contributed by atoms with E-state index in [1.54, 1.807) is 17.0 Å². The number of hydrogen-bond donors (Lipinski definition) is 2. The first-order valence-corrected chi connectivity index (χ1v) is 11.6. The predicted octanol–water partition coefficient (Wildman–Crippen LogP) is 3.02. The number of ether oxygens (including phenoxy) is 1. The number of rotatable bonds is 1. The number of para-hydroxylation sites is 1. The van der Waals surface area contributed by atoms with Gasteiger partial charge in [0.2, 0.25) is 5.95 Å². The molecule has 1 aromatic carbocycles. The van der Waals surface area contributed by atoms with Crippen LogP contribution in [0.1, 0.15) is 12.0 Å². The van der Waals surface area contributed by atoms with Crippen molar-refractivity contribution >= 4 is 39.7 Å². The van der Waals surface area contributed by atoms with E-state index < -0.39 is 0 Å². The molecular weight excluding hydrogens is 432 g/mol. The molecule has 10 heteroatoms. The number of aromatic nitrogens is 5. The van der Waals surface area contributed by atoms with Crippen LogP contribution >= 0.6 is 0 Å². The second kappa shape index (κ2) is 8.45. The van der Waals surface area contributed by atoms with Crippen LogP contribution in [0.5, 0.6) is 0 Å². The maximum absolute atomic E-state index is 13.8. The van der Waals surface area contributed by atoms with Gasteiger partial charge in [0.1, 0.15) is 11.3 Å². The van der Waals surface area contributed by atoms with Crippen molar-refractivity contribution in [3.8, 4) is 0 Å². The fourth-order valence-electron chi connectivity index (χ4n) is 4.64. The van der Waals surface area contributed by atoms with E-state index in [2.05, 4.69) is 44.7 Å². The smallest absolute Gasteiger partial charge is 0.276 e. The molecule has 6 rings (SSSR count). The third kappa shape index (κ3) is 3.65. The fraction of sp³-hybridized carbons (Fsp3) is 0.333. The molecule has 0 radical (unpaired) electrons. The van der Waals surface area contributed by atoms with Crippen molar-refractivity contribution in [2.45, 2.75) is 26.4 Å². The lowest BCUT2D eigenvalue weighted by Gasteiger charge is -2.33. The summed E-state index contributed by atoms with van der Waals surface area (Å²) in [5.74, 6) is 0.435. The summed E-state index contributed by atoms with van der Waals surface area (Å²) in [6.07, 6.45) is 6.10. The molecule has 5 heterocycles. The molecule has 174 valence electrons. The molecule has 2 N–H and O–H groups in total. The Labute approximate surface area is 196 Å². The lowest BCUT2D eigenvalue weighted by Crippen LogP contribution is -2.36. The highest BCUT2D eigenvalue weighted by Gasteiger charge is 2.23. The van der Waals surface area contributed by atoms with E-state index in [-0.39, 0.29) is 5.56 Å². The largest absolute Gasteiger partial charge is 0.381 e. The third-order valence-corrected chi connectivity index (χ3v) is 6.30. The normalized spacial score (nSPS) is 16.0. The molecule has 0 aliphatic carbocycles. The molecule has 2 aliphatic rings. The van der Waals surface area contributed by atoms with E-state index in [1.165, 1.54) is 0 Å². The molecule has 0 saturated carbocycles. The highest BCUT2D eigenvalue weighted by atomic mass is 16.5. The number of pyridine rings is 1. The molecule has 34 heavy (non-hydrogen) atoms. The Balaban J connectivity index is 1.49. The Morgan fingerprint density at radius 1 is 1.09 bits per heavy atom. The molecular formula is C24H26N8O2. The summed E-state index contributed by atoms with van der Waals surface area (Å²) < 4.78 is 9.38. The van der Waals surface area contributed by atoms with Crippen molar-refractivity contribution in [2.24, 2.45) is 0 Å². The summed E-state index contributed by atoms with van der Waals surface area (Å²) in [6.45, 7) is 5.82. The van der Waals surface area contributed by atoms with Gasteiger partial charge in [-0.15, -0.1) is 0 Å². The molecule has 0 fully saturated rings. The lowest BCUT2D eigenvalue weighted by atomic mass is 10.1. The van der Waals surface area contributed by atoms with Crippen LogP contribution in [0, 0.1) is 6.92 Å². The average Bonchev–Trinajstić information content (AvgIpc) is 3.29. The summed E-state index contributed by atoms with van der Waals surface area (Å²) in [4.78, 5) is 25.2. The van der Waals surface area contributed by atoms with E-state index in [9.17, 15) is 4.79 Å². The molecule has 4 aromatic rings. The van der Waals surface area contributed by atoms with E-state index in [1.807, 2.05) is 23.0 Å². The molecule has 0 saturated heterocycles. The van der Waals surface area contributed by atoms with Crippen LogP contribution in [0.3, 0.4) is 0 Å². The minimum atomic E-state index is -0.0635. The van der Waals surface area contributed by atoms with Gasteiger partial charge in [0.15, 0.2) is 0 Å². The van der Waals surface area contributed by atoms with Gasteiger partial charge in [-0.05, 0) is 31.0 Å². The fourth-order valence-corrected chi connectivity index (χ4v) is 4.64. The van der Waals surface area contributed by atoms with Gasteiger partial charge in [0.05, 0.1) is 36.4 Å². The molecule has 3 aromatic heterocycles. The summed E-state index contributed by atoms with van der Waals surface area (Å²) in [6, 6.07) is 8.07. The van der Waals surface area contributed by atoms with Gasteiger partial charge in [-0.2, -0.15) is 10.1 Å². The van der Waals surface area contributed by atoms with Crippen molar-refractivity contribution < 1.29 is 4.74 Å². The summed E-state index contributed by atoms with van der Waals surface area (Å²) >= 11 is 0. The lowest BCUT2D eigenvalue weighted by molar-refractivity contribution is 0.119. The highest BCUT2D eigenvalue weighted by molar-refractivity contribution is 5.85. The topological polar surface area (TPSA) is 102 Å². The maximum Gasteiger partial charge on any atom is 0.276 e. The Bertz CT molecular complexity index is 1430. The number of hydrogen-bond acceptors (Lipinski definition) is 8. The zero-order valence-corrected chi connectivity index (χ0v) is 19.0. The van der Waals surface area contributed by atoms with Gasteiger partial charge in [0, 0.05) is 44.0 Å². The molecule has 0 amide bonds. The van der Waals surface area contributed by atoms with E-state index >= 15 is 0 Å². The van der Waals surface area contributed by atoms with Crippen LogP contribution in [0.25, 0.3) is 11.0 Å². The summed E-state index contributed by atoms with van der Waals surface area (Å²) in [5.41, 5.74) is 5.20. The van der Waals surface area contributed by atoms with Crippen molar-refractivity contribution in [2.75, 3.05) is 41.8 Å². The van der Waals surface area contributed by atoms with E-state index in [0.717, 1.165) is 34.6 Å². The Hall–Kier alpha value is -3.92. The highest BCUT2D eigenvalue weighted by Crippen LogP contribution is 2.36. The van der Waals surface area contributed by atoms with Gasteiger partial charge in [0.25, 0.3) is 5.56 Å². The van der Waals surface area contributed by atoms with Gasteiger partial charge in [-0.3, -0.25) is 14.0 Å². The monoisotopic (exact) mass is 458 g/mol. The van der Waals surface area contributed by atoms with Crippen molar-refractivity contribution in [1.29, 1.82) is 0 Å². The predicted molar refractivity (Wildman–Crippen MR) is 131 cm³/mol.